The summed E-state index contributed by atoms with van der Waals surface area (Å²) in [6.45, 7) is 0.106. The Balaban J connectivity index is 1.99. The maximum Gasteiger partial charge on any atom is 0.304 e. The molecule has 0 radical (unpaired) electrons. The van der Waals surface area contributed by atoms with Gasteiger partial charge in [-0.2, -0.15) is 4.39 Å². The van der Waals surface area contributed by atoms with Crippen LogP contribution in [0.15, 0.2) is 40.8 Å². The van der Waals surface area contributed by atoms with Gasteiger partial charge in [-0.3, -0.25) is 19.5 Å². The van der Waals surface area contributed by atoms with Crippen LogP contribution < -0.4 is 5.56 Å². The van der Waals surface area contributed by atoms with Crippen molar-refractivity contribution in [3.63, 3.8) is 0 Å². The number of thiophene rings is 1. The molecule has 2 aromatic heterocycles. The van der Waals surface area contributed by atoms with Crippen molar-refractivity contribution in [3.8, 4) is 0 Å². The molecule has 0 bridgehead atoms. The third-order valence-corrected chi connectivity index (χ3v) is 3.89. The monoisotopic (exact) mass is 305 g/mol. The van der Waals surface area contributed by atoms with Gasteiger partial charge in [-0.1, -0.05) is 6.07 Å². The van der Waals surface area contributed by atoms with Gasteiger partial charge < -0.3 is 0 Å². The second kappa shape index (κ2) is 5.06. The first-order chi connectivity index (χ1) is 10.1. The summed E-state index contributed by atoms with van der Waals surface area (Å²) < 4.78 is 15.4. The molecular formula is C13H8FN3O3S. The minimum absolute atomic E-state index is 0.106. The van der Waals surface area contributed by atoms with Crippen LogP contribution in [0, 0.1) is 15.9 Å². The number of aromatic nitrogens is 2. The molecule has 8 heteroatoms. The van der Waals surface area contributed by atoms with Crippen LogP contribution in [-0.2, 0) is 6.54 Å². The van der Waals surface area contributed by atoms with Gasteiger partial charge in [-0.05, 0) is 23.1 Å². The molecule has 0 fully saturated rings. The summed E-state index contributed by atoms with van der Waals surface area (Å²) in [6, 6.07) is 5.32. The number of benzene rings is 1. The van der Waals surface area contributed by atoms with E-state index < -0.39 is 16.4 Å². The Morgan fingerprint density at radius 3 is 2.90 bits per heavy atom. The van der Waals surface area contributed by atoms with Gasteiger partial charge in [0.05, 0.1) is 23.3 Å². The molecule has 106 valence electrons. The predicted molar refractivity (Wildman–Crippen MR) is 76.0 cm³/mol. The van der Waals surface area contributed by atoms with Crippen LogP contribution in [0.25, 0.3) is 10.2 Å². The molecule has 3 aromatic rings. The zero-order chi connectivity index (χ0) is 15.0. The highest BCUT2D eigenvalue weighted by Crippen LogP contribution is 2.19. The maximum absolute atomic E-state index is 13.6. The second-order valence-electron chi connectivity index (χ2n) is 4.36. The molecule has 0 aliphatic heterocycles. The largest absolute Gasteiger partial charge is 0.304 e. The molecule has 6 nitrogen and oxygen atoms in total. The summed E-state index contributed by atoms with van der Waals surface area (Å²) in [7, 11) is 0. The lowest BCUT2D eigenvalue weighted by Crippen LogP contribution is -2.20. The quantitative estimate of drug-likeness (QED) is 0.550. The molecule has 0 saturated carbocycles. The van der Waals surface area contributed by atoms with Crippen molar-refractivity contribution in [2.45, 2.75) is 6.54 Å². The summed E-state index contributed by atoms with van der Waals surface area (Å²) in [5.41, 5.74) is 0.278. The van der Waals surface area contributed by atoms with Crippen LogP contribution in [-0.4, -0.2) is 14.5 Å². The smallest absolute Gasteiger partial charge is 0.294 e. The van der Waals surface area contributed by atoms with E-state index in [1.807, 2.05) is 0 Å². The molecule has 0 aliphatic carbocycles. The highest BCUT2D eigenvalue weighted by Gasteiger charge is 2.14. The highest BCUT2D eigenvalue weighted by atomic mass is 32.1. The van der Waals surface area contributed by atoms with Crippen LogP contribution >= 0.6 is 11.3 Å². The van der Waals surface area contributed by atoms with Gasteiger partial charge in [-0.25, -0.2) is 4.98 Å². The van der Waals surface area contributed by atoms with Crippen molar-refractivity contribution >= 4 is 27.2 Å². The zero-order valence-electron chi connectivity index (χ0n) is 10.5. The summed E-state index contributed by atoms with van der Waals surface area (Å²) >= 11 is 1.29. The highest BCUT2D eigenvalue weighted by molar-refractivity contribution is 7.17. The first kappa shape index (κ1) is 13.4. The third kappa shape index (κ3) is 2.40. The first-order valence-corrected chi connectivity index (χ1v) is 6.79. The number of fused-ring (bicyclic) bond motifs is 1. The van der Waals surface area contributed by atoms with Crippen LogP contribution in [0.4, 0.5) is 10.1 Å². The Morgan fingerprint density at radius 2 is 2.19 bits per heavy atom. The summed E-state index contributed by atoms with van der Waals surface area (Å²) in [4.78, 5) is 26.1. The lowest BCUT2D eigenvalue weighted by atomic mass is 10.2. The predicted octanol–water partition coefficient (Wildman–Crippen LogP) is 2.55. The molecule has 0 unspecified atom stereocenters. The molecule has 0 saturated heterocycles. The molecule has 0 aliphatic rings. The SMILES string of the molecule is O=c1c2sccc2ncn1Cc1ccc([N+](=O)[O-])c(F)c1. The molecule has 2 heterocycles. The van der Waals surface area contributed by atoms with Gasteiger partial charge in [0.2, 0.25) is 5.82 Å². The summed E-state index contributed by atoms with van der Waals surface area (Å²) in [6.07, 6.45) is 1.39. The fourth-order valence-electron chi connectivity index (χ4n) is 1.99. The fourth-order valence-corrected chi connectivity index (χ4v) is 2.78. The lowest BCUT2D eigenvalue weighted by Gasteiger charge is -2.05. The summed E-state index contributed by atoms with van der Waals surface area (Å²) in [5.74, 6) is -0.921. The normalized spacial score (nSPS) is 10.9. The molecule has 0 atom stereocenters. The zero-order valence-corrected chi connectivity index (χ0v) is 11.3. The molecular weight excluding hydrogens is 297 g/mol. The number of hydrogen-bond acceptors (Lipinski definition) is 5. The van der Waals surface area contributed by atoms with E-state index >= 15 is 0 Å². The van der Waals surface area contributed by atoms with Crippen LogP contribution in [0.1, 0.15) is 5.56 Å². The second-order valence-corrected chi connectivity index (χ2v) is 5.27. The van der Waals surface area contributed by atoms with Crippen LogP contribution in [0.2, 0.25) is 0 Å². The number of rotatable bonds is 3. The van der Waals surface area contributed by atoms with Gasteiger partial charge in [0.15, 0.2) is 0 Å². The van der Waals surface area contributed by atoms with Gasteiger partial charge in [0.25, 0.3) is 5.56 Å². The van der Waals surface area contributed by atoms with E-state index in [4.69, 9.17) is 0 Å². The number of nitro benzene ring substituents is 1. The van der Waals surface area contributed by atoms with Crippen LogP contribution in [0.5, 0.6) is 0 Å². The number of nitrogens with zero attached hydrogens (tertiary/aromatic N) is 3. The van der Waals surface area contributed by atoms with Gasteiger partial charge in [0.1, 0.15) is 4.70 Å². The molecule has 0 N–H and O–H groups in total. The lowest BCUT2D eigenvalue weighted by molar-refractivity contribution is -0.387. The van der Waals surface area contributed by atoms with Crippen LogP contribution in [0.3, 0.4) is 0 Å². The Hall–Kier alpha value is -2.61. The van der Waals surface area contributed by atoms with Crippen molar-refractivity contribution in [1.29, 1.82) is 0 Å². The minimum atomic E-state index is -0.921. The molecule has 0 spiro atoms. The van der Waals surface area contributed by atoms with E-state index in [0.29, 0.717) is 15.8 Å². The third-order valence-electron chi connectivity index (χ3n) is 3.00. The first-order valence-electron chi connectivity index (χ1n) is 5.92. The van der Waals surface area contributed by atoms with Crippen molar-refractivity contribution in [3.05, 3.63) is 67.8 Å². The minimum Gasteiger partial charge on any atom is -0.294 e. The molecule has 0 amide bonds. The standard InChI is InChI=1S/C13H8FN3O3S/c14-9-5-8(1-2-11(9)17(19)20)6-16-7-15-10-3-4-21-12(10)13(16)18/h1-5,7H,6H2. The molecule has 3 rings (SSSR count). The van der Waals surface area contributed by atoms with Gasteiger partial charge >= 0.3 is 5.69 Å². The van der Waals surface area contributed by atoms with Gasteiger partial charge in [0, 0.05) is 6.07 Å². The number of hydrogen-bond donors (Lipinski definition) is 0. The Bertz CT molecular complexity index is 903. The van der Waals surface area contributed by atoms with Crippen molar-refractivity contribution in [2.75, 3.05) is 0 Å². The van der Waals surface area contributed by atoms with E-state index in [0.717, 1.165) is 12.1 Å². The van der Waals surface area contributed by atoms with Gasteiger partial charge in [-0.15, -0.1) is 11.3 Å². The average molecular weight is 305 g/mol. The number of halogens is 1. The molecule has 21 heavy (non-hydrogen) atoms. The van der Waals surface area contributed by atoms with Crippen molar-refractivity contribution < 1.29 is 9.31 Å². The topological polar surface area (TPSA) is 78.0 Å². The summed E-state index contributed by atoms with van der Waals surface area (Å²) in [5, 5.41) is 12.3. The number of nitro groups is 1. The van der Waals surface area contributed by atoms with E-state index in [1.165, 1.54) is 28.3 Å². The van der Waals surface area contributed by atoms with Crippen molar-refractivity contribution in [2.24, 2.45) is 0 Å². The fraction of sp³-hybridized carbons (Fsp3) is 0.0769. The van der Waals surface area contributed by atoms with E-state index in [9.17, 15) is 19.3 Å². The Kier molecular flexibility index (Phi) is 3.22. The Labute approximate surface area is 121 Å². The van der Waals surface area contributed by atoms with E-state index in [-0.39, 0.29) is 12.1 Å². The average Bonchev–Trinajstić information content (AvgIpc) is 2.91. The van der Waals surface area contributed by atoms with Crippen molar-refractivity contribution in [1.82, 2.24) is 9.55 Å². The van der Waals surface area contributed by atoms with E-state index in [1.54, 1.807) is 11.4 Å². The molecule has 1 aromatic carbocycles. The Morgan fingerprint density at radius 1 is 1.38 bits per heavy atom. The maximum atomic E-state index is 13.6. The van der Waals surface area contributed by atoms with E-state index in [2.05, 4.69) is 4.98 Å².